The Balaban J connectivity index is 2.08. The number of benzene rings is 1. The van der Waals surface area contributed by atoms with Crippen molar-refractivity contribution in [3.8, 4) is 5.69 Å². The molecule has 22 heavy (non-hydrogen) atoms. The monoisotopic (exact) mass is 365 g/mol. The van der Waals surface area contributed by atoms with Crippen molar-refractivity contribution in [1.29, 1.82) is 0 Å². The number of rotatable bonds is 7. The molecule has 1 atom stereocenters. The Kier molecular flexibility index (Phi) is 6.15. The van der Waals surface area contributed by atoms with Gasteiger partial charge in [0.2, 0.25) is 0 Å². The third-order valence-electron chi connectivity index (χ3n) is 3.19. The summed E-state index contributed by atoms with van der Waals surface area (Å²) in [7, 11) is 0. The zero-order valence-corrected chi connectivity index (χ0v) is 14.3. The fourth-order valence-corrected chi connectivity index (χ4v) is 2.21. The van der Waals surface area contributed by atoms with Gasteiger partial charge in [0.15, 0.2) is 0 Å². The number of anilines is 1. The third-order valence-corrected chi connectivity index (χ3v) is 3.60. The average Bonchev–Trinajstić information content (AvgIpc) is 2.94. The fraction of sp³-hybridized carbons (Fsp3) is 0.375. The maximum atomic E-state index is 12.2. The molecular formula is C16H20BrN3O2. The van der Waals surface area contributed by atoms with Crippen LogP contribution in [0.3, 0.4) is 0 Å². The smallest absolute Gasteiger partial charge is 0.253 e. The Morgan fingerprint density at radius 2 is 2.23 bits per heavy atom. The first-order valence-corrected chi connectivity index (χ1v) is 8.13. The molecule has 1 N–H and O–H groups in total. The van der Waals surface area contributed by atoms with Gasteiger partial charge in [0.1, 0.15) is 6.10 Å². The minimum Gasteiger partial charge on any atom is -0.369 e. The number of para-hydroxylation sites is 2. The van der Waals surface area contributed by atoms with E-state index in [2.05, 4.69) is 33.3 Å². The van der Waals surface area contributed by atoms with Crippen LogP contribution in [-0.2, 0) is 9.53 Å². The number of unbranched alkanes of at least 4 members (excludes halogenated alkanes) is 1. The largest absolute Gasteiger partial charge is 0.369 e. The summed E-state index contributed by atoms with van der Waals surface area (Å²) in [4.78, 5) is 12.2. The number of halogens is 1. The molecular weight excluding hydrogens is 346 g/mol. The first-order chi connectivity index (χ1) is 10.6. The Bertz CT molecular complexity index is 627. The van der Waals surface area contributed by atoms with Crippen molar-refractivity contribution >= 4 is 27.5 Å². The fourth-order valence-electron chi connectivity index (χ4n) is 1.93. The summed E-state index contributed by atoms with van der Waals surface area (Å²) in [5.74, 6) is -0.158. The SMILES string of the molecule is CCCCOC(C)C(=O)Nc1ccccc1-n1cc(Br)cn1. The molecule has 6 heteroatoms. The molecule has 118 valence electrons. The highest BCUT2D eigenvalue weighted by Gasteiger charge is 2.15. The summed E-state index contributed by atoms with van der Waals surface area (Å²) < 4.78 is 8.11. The predicted molar refractivity (Wildman–Crippen MR) is 90.2 cm³/mol. The lowest BCUT2D eigenvalue weighted by atomic mass is 10.2. The van der Waals surface area contributed by atoms with E-state index in [1.54, 1.807) is 17.8 Å². The molecule has 0 fully saturated rings. The quantitative estimate of drug-likeness (QED) is 0.759. The number of hydrogen-bond donors (Lipinski definition) is 1. The van der Waals surface area contributed by atoms with Crippen LogP contribution in [0, 0.1) is 0 Å². The van der Waals surface area contributed by atoms with Crippen molar-refractivity contribution in [2.45, 2.75) is 32.8 Å². The van der Waals surface area contributed by atoms with Crippen molar-refractivity contribution in [1.82, 2.24) is 9.78 Å². The second-order valence-corrected chi connectivity index (χ2v) is 5.89. The second kappa shape index (κ2) is 8.10. The molecule has 1 unspecified atom stereocenters. The molecule has 2 rings (SSSR count). The Hall–Kier alpha value is -1.66. The minimum absolute atomic E-state index is 0.158. The molecule has 0 bridgehead atoms. The Morgan fingerprint density at radius 3 is 2.91 bits per heavy atom. The maximum Gasteiger partial charge on any atom is 0.253 e. The first kappa shape index (κ1) is 16.7. The van der Waals surface area contributed by atoms with Crippen LogP contribution in [0.25, 0.3) is 5.69 Å². The van der Waals surface area contributed by atoms with E-state index < -0.39 is 6.10 Å². The highest BCUT2D eigenvalue weighted by molar-refractivity contribution is 9.10. The van der Waals surface area contributed by atoms with Crippen molar-refractivity contribution < 1.29 is 9.53 Å². The zero-order valence-electron chi connectivity index (χ0n) is 12.8. The van der Waals surface area contributed by atoms with E-state index in [-0.39, 0.29) is 5.91 Å². The topological polar surface area (TPSA) is 56.1 Å². The van der Waals surface area contributed by atoms with Crippen LogP contribution in [-0.4, -0.2) is 28.4 Å². The van der Waals surface area contributed by atoms with E-state index in [4.69, 9.17) is 4.74 Å². The summed E-state index contributed by atoms with van der Waals surface area (Å²) in [5.41, 5.74) is 1.51. The van der Waals surface area contributed by atoms with Gasteiger partial charge in [-0.25, -0.2) is 4.68 Å². The zero-order chi connectivity index (χ0) is 15.9. The minimum atomic E-state index is -0.482. The van der Waals surface area contributed by atoms with E-state index in [0.29, 0.717) is 12.3 Å². The molecule has 0 saturated heterocycles. The van der Waals surface area contributed by atoms with Gasteiger partial charge >= 0.3 is 0 Å². The lowest BCUT2D eigenvalue weighted by Gasteiger charge is -2.15. The summed E-state index contributed by atoms with van der Waals surface area (Å²) in [6, 6.07) is 7.53. The van der Waals surface area contributed by atoms with Gasteiger partial charge in [-0.15, -0.1) is 0 Å². The van der Waals surface area contributed by atoms with Gasteiger partial charge in [-0.2, -0.15) is 5.10 Å². The molecule has 0 aliphatic rings. The standard InChI is InChI=1S/C16H20BrN3O2/c1-3-4-9-22-12(2)16(21)19-14-7-5-6-8-15(14)20-11-13(17)10-18-20/h5-8,10-12H,3-4,9H2,1-2H3,(H,19,21). The van der Waals surface area contributed by atoms with Gasteiger partial charge < -0.3 is 10.1 Å². The number of aromatic nitrogens is 2. The molecule has 0 aliphatic carbocycles. The van der Waals surface area contributed by atoms with E-state index in [1.807, 2.05) is 30.5 Å². The molecule has 1 aromatic carbocycles. The van der Waals surface area contributed by atoms with Gasteiger partial charge in [-0.3, -0.25) is 4.79 Å². The van der Waals surface area contributed by atoms with Gasteiger partial charge in [0.05, 0.1) is 22.0 Å². The van der Waals surface area contributed by atoms with Gasteiger partial charge in [0, 0.05) is 12.8 Å². The molecule has 0 spiro atoms. The number of hydrogen-bond acceptors (Lipinski definition) is 3. The molecule has 1 heterocycles. The molecule has 0 saturated carbocycles. The summed E-state index contributed by atoms with van der Waals surface area (Å²) in [6.07, 6.45) is 5.06. The number of nitrogens with one attached hydrogen (secondary N) is 1. The Labute approximate surface area is 138 Å². The van der Waals surface area contributed by atoms with Gasteiger partial charge in [-0.1, -0.05) is 25.5 Å². The summed E-state index contributed by atoms with van der Waals surface area (Å²) >= 11 is 3.37. The number of ether oxygens (including phenoxy) is 1. The van der Waals surface area contributed by atoms with Crippen molar-refractivity contribution in [2.24, 2.45) is 0 Å². The molecule has 1 aromatic heterocycles. The molecule has 0 aliphatic heterocycles. The first-order valence-electron chi connectivity index (χ1n) is 7.34. The van der Waals surface area contributed by atoms with E-state index in [9.17, 15) is 4.79 Å². The Morgan fingerprint density at radius 1 is 1.45 bits per heavy atom. The van der Waals surface area contributed by atoms with Crippen molar-refractivity contribution in [3.05, 3.63) is 41.1 Å². The maximum absolute atomic E-state index is 12.2. The van der Waals surface area contributed by atoms with Crippen LogP contribution in [0.5, 0.6) is 0 Å². The molecule has 2 aromatic rings. The molecule has 1 amide bonds. The van der Waals surface area contributed by atoms with Gasteiger partial charge in [0.25, 0.3) is 5.91 Å². The highest BCUT2D eigenvalue weighted by atomic mass is 79.9. The van der Waals surface area contributed by atoms with Crippen molar-refractivity contribution in [3.63, 3.8) is 0 Å². The van der Waals surface area contributed by atoms with Crippen LogP contribution in [0.15, 0.2) is 41.1 Å². The third kappa shape index (κ3) is 4.42. The molecule has 5 nitrogen and oxygen atoms in total. The number of nitrogens with zero attached hydrogens (tertiary/aromatic N) is 2. The average molecular weight is 366 g/mol. The summed E-state index contributed by atoms with van der Waals surface area (Å²) in [5, 5.41) is 7.15. The van der Waals surface area contributed by atoms with Crippen LogP contribution in [0.2, 0.25) is 0 Å². The lowest BCUT2D eigenvalue weighted by Crippen LogP contribution is -2.28. The normalized spacial score (nSPS) is 12.1. The lowest BCUT2D eigenvalue weighted by molar-refractivity contribution is -0.126. The van der Waals surface area contributed by atoms with Crippen LogP contribution in [0.1, 0.15) is 26.7 Å². The number of carbonyl (C=O) groups excluding carboxylic acids is 1. The number of amides is 1. The molecule has 0 radical (unpaired) electrons. The van der Waals surface area contributed by atoms with Gasteiger partial charge in [-0.05, 0) is 41.4 Å². The highest BCUT2D eigenvalue weighted by Crippen LogP contribution is 2.21. The predicted octanol–water partition coefficient (Wildman–Crippen LogP) is 3.78. The van der Waals surface area contributed by atoms with Crippen LogP contribution < -0.4 is 5.32 Å². The second-order valence-electron chi connectivity index (χ2n) is 4.98. The van der Waals surface area contributed by atoms with Crippen LogP contribution >= 0.6 is 15.9 Å². The number of carbonyl (C=O) groups is 1. The van der Waals surface area contributed by atoms with E-state index >= 15 is 0 Å². The van der Waals surface area contributed by atoms with E-state index in [0.717, 1.165) is 23.0 Å². The van der Waals surface area contributed by atoms with Crippen molar-refractivity contribution in [2.75, 3.05) is 11.9 Å². The summed E-state index contributed by atoms with van der Waals surface area (Å²) in [6.45, 7) is 4.45. The van der Waals surface area contributed by atoms with E-state index in [1.165, 1.54) is 0 Å². The van der Waals surface area contributed by atoms with Crippen LogP contribution in [0.4, 0.5) is 5.69 Å².